The van der Waals surface area contributed by atoms with Crippen molar-refractivity contribution in [2.24, 2.45) is 0 Å². The van der Waals surface area contributed by atoms with E-state index in [4.69, 9.17) is 0 Å². The van der Waals surface area contributed by atoms with Gasteiger partial charge in [-0.25, -0.2) is 9.97 Å². The van der Waals surface area contributed by atoms with Gasteiger partial charge in [0.25, 0.3) is 0 Å². The van der Waals surface area contributed by atoms with Gasteiger partial charge in [0.15, 0.2) is 0 Å². The zero-order valence-corrected chi connectivity index (χ0v) is 7.93. The summed E-state index contributed by atoms with van der Waals surface area (Å²) >= 11 is 1.68. The van der Waals surface area contributed by atoms with E-state index in [9.17, 15) is 0 Å². The first-order chi connectivity index (χ1) is 5.77. The maximum Gasteiger partial charge on any atom is 0.131 e. The van der Waals surface area contributed by atoms with Crippen molar-refractivity contribution in [3.8, 4) is 0 Å². The minimum Gasteiger partial charge on any atom is -0.240 e. The van der Waals surface area contributed by atoms with Gasteiger partial charge in [-0.3, -0.25) is 0 Å². The van der Waals surface area contributed by atoms with E-state index in [1.807, 2.05) is 17.6 Å². The Morgan fingerprint density at radius 1 is 1.42 bits per heavy atom. The van der Waals surface area contributed by atoms with E-state index in [-0.39, 0.29) is 0 Å². The lowest BCUT2D eigenvalue weighted by molar-refractivity contribution is 0.783. The van der Waals surface area contributed by atoms with Gasteiger partial charge in [0, 0.05) is 12.1 Å². The van der Waals surface area contributed by atoms with Gasteiger partial charge in [0.2, 0.25) is 0 Å². The van der Waals surface area contributed by atoms with Crippen molar-refractivity contribution in [3.63, 3.8) is 0 Å². The first-order valence-electron chi connectivity index (χ1n) is 3.97. The van der Waals surface area contributed by atoms with E-state index in [0.29, 0.717) is 5.92 Å². The van der Waals surface area contributed by atoms with E-state index < -0.39 is 0 Å². The second kappa shape index (κ2) is 2.83. The van der Waals surface area contributed by atoms with E-state index in [1.54, 1.807) is 11.3 Å². The highest BCUT2D eigenvalue weighted by atomic mass is 32.1. The highest BCUT2D eigenvalue weighted by Gasteiger charge is 2.03. The summed E-state index contributed by atoms with van der Waals surface area (Å²) in [4.78, 5) is 8.71. The number of fused-ring (bicyclic) bond motifs is 1. The molecule has 2 rings (SSSR count). The van der Waals surface area contributed by atoms with Crippen LogP contribution >= 0.6 is 11.3 Å². The zero-order chi connectivity index (χ0) is 8.55. The van der Waals surface area contributed by atoms with Crippen molar-refractivity contribution >= 4 is 21.6 Å². The fourth-order valence-electron chi connectivity index (χ4n) is 1.06. The van der Waals surface area contributed by atoms with Crippen molar-refractivity contribution < 1.29 is 0 Å². The van der Waals surface area contributed by atoms with Crippen LogP contribution < -0.4 is 0 Å². The minimum absolute atomic E-state index is 0.411. The van der Waals surface area contributed by atoms with Crippen LogP contribution in [0.25, 0.3) is 10.2 Å². The van der Waals surface area contributed by atoms with Crippen LogP contribution in [0.3, 0.4) is 0 Å². The van der Waals surface area contributed by atoms with Crippen LogP contribution in [0.15, 0.2) is 17.6 Å². The lowest BCUT2D eigenvalue weighted by Crippen LogP contribution is -1.95. The monoisotopic (exact) mass is 178 g/mol. The highest BCUT2D eigenvalue weighted by molar-refractivity contribution is 7.17. The summed E-state index contributed by atoms with van der Waals surface area (Å²) in [5.74, 6) is 1.34. The van der Waals surface area contributed by atoms with Crippen molar-refractivity contribution in [3.05, 3.63) is 23.5 Å². The Kier molecular flexibility index (Phi) is 1.81. The van der Waals surface area contributed by atoms with Gasteiger partial charge >= 0.3 is 0 Å². The molecule has 0 atom stereocenters. The van der Waals surface area contributed by atoms with Gasteiger partial charge < -0.3 is 0 Å². The smallest absolute Gasteiger partial charge is 0.131 e. The Morgan fingerprint density at radius 3 is 3.00 bits per heavy atom. The molecule has 3 heteroatoms. The van der Waals surface area contributed by atoms with E-state index >= 15 is 0 Å². The summed E-state index contributed by atoms with van der Waals surface area (Å²) in [6.45, 7) is 4.21. The lowest BCUT2D eigenvalue weighted by atomic mass is 10.2. The third kappa shape index (κ3) is 1.20. The van der Waals surface area contributed by atoms with Crippen LogP contribution in [0.4, 0.5) is 0 Å². The Morgan fingerprint density at radius 2 is 2.25 bits per heavy atom. The maximum absolute atomic E-state index is 4.43. The highest BCUT2D eigenvalue weighted by Crippen LogP contribution is 2.19. The summed E-state index contributed by atoms with van der Waals surface area (Å²) in [6.07, 6.45) is 1.91. The number of aromatic nitrogens is 2. The van der Waals surface area contributed by atoms with Gasteiger partial charge in [-0.15, -0.1) is 11.3 Å². The molecule has 0 aliphatic carbocycles. The van der Waals surface area contributed by atoms with Crippen LogP contribution in [-0.4, -0.2) is 9.97 Å². The Labute approximate surface area is 75.3 Å². The molecule has 0 aliphatic heterocycles. The molecule has 0 unspecified atom stereocenters. The molecule has 2 nitrogen and oxygen atoms in total. The molecule has 0 bridgehead atoms. The normalized spacial score (nSPS) is 11.2. The first kappa shape index (κ1) is 7.68. The Bertz CT molecular complexity index is 392. The molecular weight excluding hydrogens is 168 g/mol. The molecular formula is C9H10N2S. The summed E-state index contributed by atoms with van der Waals surface area (Å²) in [7, 11) is 0. The Hall–Kier alpha value is -0.960. The molecule has 0 fully saturated rings. The summed E-state index contributed by atoms with van der Waals surface area (Å²) < 4.78 is 1.17. The molecule has 2 heterocycles. The summed E-state index contributed by atoms with van der Waals surface area (Å²) in [5, 5.41) is 2.05. The molecule has 0 aromatic carbocycles. The number of rotatable bonds is 1. The molecule has 0 spiro atoms. The number of hydrogen-bond acceptors (Lipinski definition) is 3. The molecule has 12 heavy (non-hydrogen) atoms. The molecule has 0 N–H and O–H groups in total. The van der Waals surface area contributed by atoms with Gasteiger partial charge in [0.05, 0.1) is 10.2 Å². The topological polar surface area (TPSA) is 25.8 Å². The second-order valence-corrected chi connectivity index (χ2v) is 4.00. The summed E-state index contributed by atoms with van der Waals surface area (Å²) in [5.41, 5.74) is 1.07. The molecule has 0 aliphatic rings. The van der Waals surface area contributed by atoms with Gasteiger partial charge in [-0.2, -0.15) is 0 Å². The number of thiophene rings is 1. The van der Waals surface area contributed by atoms with Crippen molar-refractivity contribution in [2.45, 2.75) is 19.8 Å². The standard InChI is InChI=1S/C9H10N2S/c1-6(2)9-10-5-8-7(11-9)3-4-12-8/h3-6H,1-2H3. The van der Waals surface area contributed by atoms with Gasteiger partial charge in [-0.1, -0.05) is 13.8 Å². The lowest BCUT2D eigenvalue weighted by Gasteiger charge is -2.01. The number of hydrogen-bond donors (Lipinski definition) is 0. The van der Waals surface area contributed by atoms with Gasteiger partial charge in [-0.05, 0) is 11.4 Å². The molecule has 2 aromatic rings. The Balaban J connectivity index is 2.60. The molecule has 62 valence electrons. The van der Waals surface area contributed by atoms with E-state index in [0.717, 1.165) is 11.3 Å². The van der Waals surface area contributed by atoms with Crippen molar-refractivity contribution in [1.29, 1.82) is 0 Å². The van der Waals surface area contributed by atoms with Crippen LogP contribution in [0, 0.1) is 0 Å². The minimum atomic E-state index is 0.411. The van der Waals surface area contributed by atoms with Crippen LogP contribution in [0.2, 0.25) is 0 Å². The van der Waals surface area contributed by atoms with E-state index in [2.05, 4.69) is 23.8 Å². The fourth-order valence-corrected chi connectivity index (χ4v) is 1.75. The number of nitrogens with zero attached hydrogens (tertiary/aromatic N) is 2. The third-order valence-electron chi connectivity index (χ3n) is 1.74. The molecule has 0 amide bonds. The van der Waals surface area contributed by atoms with Crippen molar-refractivity contribution in [1.82, 2.24) is 9.97 Å². The predicted octanol–water partition coefficient (Wildman–Crippen LogP) is 2.81. The zero-order valence-electron chi connectivity index (χ0n) is 7.11. The fraction of sp³-hybridized carbons (Fsp3) is 0.333. The van der Waals surface area contributed by atoms with Crippen LogP contribution in [0.1, 0.15) is 25.6 Å². The largest absolute Gasteiger partial charge is 0.240 e. The molecule has 0 saturated carbocycles. The van der Waals surface area contributed by atoms with Crippen molar-refractivity contribution in [2.75, 3.05) is 0 Å². The first-order valence-corrected chi connectivity index (χ1v) is 4.85. The predicted molar refractivity (Wildman–Crippen MR) is 51.5 cm³/mol. The average molecular weight is 178 g/mol. The molecule has 0 saturated heterocycles. The second-order valence-electron chi connectivity index (χ2n) is 3.05. The van der Waals surface area contributed by atoms with Gasteiger partial charge in [0.1, 0.15) is 5.82 Å². The van der Waals surface area contributed by atoms with Crippen LogP contribution in [0.5, 0.6) is 0 Å². The maximum atomic E-state index is 4.43. The molecule has 0 radical (unpaired) electrons. The average Bonchev–Trinajstić information content (AvgIpc) is 2.49. The summed E-state index contributed by atoms with van der Waals surface area (Å²) in [6, 6.07) is 2.04. The quantitative estimate of drug-likeness (QED) is 0.671. The molecule has 2 aromatic heterocycles. The van der Waals surface area contributed by atoms with E-state index in [1.165, 1.54) is 4.70 Å². The SMILES string of the molecule is CC(C)c1ncc2sccc2n1. The third-order valence-corrected chi connectivity index (χ3v) is 2.58. The van der Waals surface area contributed by atoms with Crippen LogP contribution in [-0.2, 0) is 0 Å².